The molecule has 1 heterocycles. The molecule has 0 radical (unpaired) electrons. The van der Waals surface area contributed by atoms with Crippen LogP contribution in [0.2, 0.25) is 0 Å². The fourth-order valence-electron chi connectivity index (χ4n) is 7.12. The Morgan fingerprint density at radius 1 is 0.340 bits per heavy atom. The van der Waals surface area contributed by atoms with Crippen LogP contribution in [-0.4, -0.2) is 9.55 Å². The van der Waals surface area contributed by atoms with Crippen LogP contribution >= 0.6 is 0 Å². The summed E-state index contributed by atoms with van der Waals surface area (Å²) in [5.74, 6) is 0.933. The quantitative estimate of drug-likeness (QED) is 0.180. The average Bonchev–Trinajstić information content (AvgIpc) is 3.54. The van der Waals surface area contributed by atoms with Crippen molar-refractivity contribution in [2.45, 2.75) is 0 Å². The molecule has 9 rings (SSSR count). The summed E-state index contributed by atoms with van der Waals surface area (Å²) in [4.78, 5) is 5.16. The summed E-state index contributed by atoms with van der Waals surface area (Å²) in [6.45, 7) is 0. The van der Waals surface area contributed by atoms with Gasteiger partial charge in [0.05, 0.1) is 16.7 Å². The van der Waals surface area contributed by atoms with Crippen LogP contribution in [0, 0.1) is 0 Å². The Hall–Kier alpha value is -6.25. The molecule has 8 aromatic carbocycles. The van der Waals surface area contributed by atoms with Gasteiger partial charge in [-0.1, -0.05) is 164 Å². The van der Waals surface area contributed by atoms with Crippen LogP contribution in [-0.2, 0) is 0 Å². The van der Waals surface area contributed by atoms with E-state index in [0.29, 0.717) is 0 Å². The van der Waals surface area contributed by atoms with E-state index in [4.69, 9.17) is 4.98 Å². The molecule has 1 aromatic heterocycles. The monoisotopic (exact) mass is 598 g/mol. The van der Waals surface area contributed by atoms with Gasteiger partial charge in [-0.15, -0.1) is 0 Å². The molecule has 0 saturated carbocycles. The van der Waals surface area contributed by atoms with Crippen molar-refractivity contribution in [3.8, 4) is 50.5 Å². The first-order valence-electron chi connectivity index (χ1n) is 16.1. The molecular weight excluding hydrogens is 569 g/mol. The van der Waals surface area contributed by atoms with Gasteiger partial charge in [0.1, 0.15) is 5.82 Å². The Morgan fingerprint density at radius 3 is 1.47 bits per heavy atom. The molecule has 9 aromatic rings. The number of nitrogens with zero attached hydrogens (tertiary/aromatic N) is 2. The van der Waals surface area contributed by atoms with Crippen LogP contribution in [0.3, 0.4) is 0 Å². The summed E-state index contributed by atoms with van der Waals surface area (Å²) < 4.78 is 2.33. The second kappa shape index (κ2) is 11.3. The molecule has 47 heavy (non-hydrogen) atoms. The minimum Gasteiger partial charge on any atom is -0.292 e. The molecule has 0 N–H and O–H groups in total. The van der Waals surface area contributed by atoms with E-state index in [0.717, 1.165) is 28.1 Å². The smallest absolute Gasteiger partial charge is 0.145 e. The lowest BCUT2D eigenvalue weighted by molar-refractivity contribution is 1.10. The van der Waals surface area contributed by atoms with E-state index in [2.05, 4.69) is 187 Å². The second-order valence-corrected chi connectivity index (χ2v) is 11.9. The van der Waals surface area contributed by atoms with Crippen molar-refractivity contribution in [2.24, 2.45) is 0 Å². The number of aromatic nitrogens is 2. The van der Waals surface area contributed by atoms with Crippen LogP contribution in [0.4, 0.5) is 0 Å². The highest BCUT2D eigenvalue weighted by molar-refractivity contribution is 6.22. The summed E-state index contributed by atoms with van der Waals surface area (Å²) in [5, 5.41) is 4.93. The minimum absolute atomic E-state index is 0.933. The van der Waals surface area contributed by atoms with E-state index in [-0.39, 0.29) is 0 Å². The highest BCUT2D eigenvalue weighted by atomic mass is 15.1. The topological polar surface area (TPSA) is 17.8 Å². The van der Waals surface area contributed by atoms with Crippen LogP contribution in [0.25, 0.3) is 83.0 Å². The van der Waals surface area contributed by atoms with Crippen molar-refractivity contribution in [3.05, 3.63) is 182 Å². The van der Waals surface area contributed by atoms with Crippen molar-refractivity contribution in [2.75, 3.05) is 0 Å². The third kappa shape index (κ3) is 4.54. The molecule has 0 aliphatic heterocycles. The molecule has 2 nitrogen and oxygen atoms in total. The Balaban J connectivity index is 1.33. The molecule has 0 spiro atoms. The van der Waals surface area contributed by atoms with E-state index < -0.39 is 0 Å². The van der Waals surface area contributed by atoms with Gasteiger partial charge in [0.2, 0.25) is 0 Å². The third-order valence-electron chi connectivity index (χ3n) is 9.22. The molecular formula is C45H30N2. The lowest BCUT2D eigenvalue weighted by atomic mass is 9.85. The van der Waals surface area contributed by atoms with Gasteiger partial charge in [0.15, 0.2) is 0 Å². The lowest BCUT2D eigenvalue weighted by Crippen LogP contribution is -2.01. The van der Waals surface area contributed by atoms with Gasteiger partial charge < -0.3 is 0 Å². The number of hydrogen-bond acceptors (Lipinski definition) is 1. The fourth-order valence-corrected chi connectivity index (χ4v) is 7.12. The SMILES string of the molecule is c1ccc(-c2ccc(-c3c4ccccc4c(-c4ccccc4-n4c(-c5ccccc5)nc5ccccc54)c4ccccc34)cc2)cc1. The molecule has 220 valence electrons. The first-order valence-corrected chi connectivity index (χ1v) is 16.1. The standard InChI is InChI=1S/C45H30N2/c1-3-15-31(16-4-1)32-27-29-33(30-28-32)43-35-19-7-9-21-37(35)44(38-22-10-8-20-36(38)43)39-23-11-13-25-41(39)47-42-26-14-12-24-40(42)46-45(47)34-17-5-2-6-18-34/h1-30H. The van der Waals surface area contributed by atoms with Gasteiger partial charge in [0, 0.05) is 11.1 Å². The molecule has 0 aliphatic carbocycles. The molecule has 0 aliphatic rings. The van der Waals surface area contributed by atoms with E-state index in [1.807, 2.05) is 0 Å². The van der Waals surface area contributed by atoms with Gasteiger partial charge in [0.25, 0.3) is 0 Å². The normalized spacial score (nSPS) is 11.4. The molecule has 0 atom stereocenters. The summed E-state index contributed by atoms with van der Waals surface area (Å²) in [7, 11) is 0. The highest BCUT2D eigenvalue weighted by Gasteiger charge is 2.21. The Kier molecular flexibility index (Phi) is 6.50. The number of hydrogen-bond donors (Lipinski definition) is 0. The summed E-state index contributed by atoms with van der Waals surface area (Å²) in [6, 6.07) is 65.1. The van der Waals surface area contributed by atoms with E-state index >= 15 is 0 Å². The van der Waals surface area contributed by atoms with Crippen molar-refractivity contribution in [1.29, 1.82) is 0 Å². The van der Waals surface area contributed by atoms with E-state index in [1.165, 1.54) is 54.9 Å². The number of para-hydroxylation sites is 3. The zero-order valence-electron chi connectivity index (χ0n) is 25.7. The minimum atomic E-state index is 0.933. The first kappa shape index (κ1) is 27.1. The molecule has 0 unspecified atom stereocenters. The fraction of sp³-hybridized carbons (Fsp3) is 0. The van der Waals surface area contributed by atoms with Crippen LogP contribution in [0.15, 0.2) is 182 Å². The third-order valence-corrected chi connectivity index (χ3v) is 9.22. The van der Waals surface area contributed by atoms with Crippen molar-refractivity contribution >= 4 is 32.6 Å². The zero-order valence-corrected chi connectivity index (χ0v) is 25.7. The van der Waals surface area contributed by atoms with Crippen molar-refractivity contribution in [3.63, 3.8) is 0 Å². The van der Waals surface area contributed by atoms with E-state index in [9.17, 15) is 0 Å². The van der Waals surface area contributed by atoms with Gasteiger partial charge in [-0.2, -0.15) is 0 Å². The molecule has 2 heteroatoms. The van der Waals surface area contributed by atoms with Gasteiger partial charge in [-0.05, 0) is 67.6 Å². The summed E-state index contributed by atoms with van der Waals surface area (Å²) >= 11 is 0. The van der Waals surface area contributed by atoms with Crippen LogP contribution < -0.4 is 0 Å². The Labute approximate surface area is 273 Å². The second-order valence-electron chi connectivity index (χ2n) is 11.9. The average molecular weight is 599 g/mol. The van der Waals surface area contributed by atoms with Crippen molar-refractivity contribution in [1.82, 2.24) is 9.55 Å². The molecule has 0 bridgehead atoms. The van der Waals surface area contributed by atoms with Crippen LogP contribution in [0.1, 0.15) is 0 Å². The Bertz CT molecular complexity index is 2490. The molecule has 0 fully saturated rings. The number of fused-ring (bicyclic) bond motifs is 3. The number of rotatable bonds is 5. The molecule has 0 saturated heterocycles. The number of benzene rings is 8. The predicted molar refractivity (Wildman–Crippen MR) is 198 cm³/mol. The van der Waals surface area contributed by atoms with Gasteiger partial charge in [-0.3, -0.25) is 4.57 Å². The largest absolute Gasteiger partial charge is 0.292 e. The van der Waals surface area contributed by atoms with E-state index in [1.54, 1.807) is 0 Å². The zero-order chi connectivity index (χ0) is 31.2. The maximum atomic E-state index is 5.16. The highest BCUT2D eigenvalue weighted by Crippen LogP contribution is 2.46. The Morgan fingerprint density at radius 2 is 0.809 bits per heavy atom. The summed E-state index contributed by atoms with van der Waals surface area (Å²) in [5.41, 5.74) is 11.6. The van der Waals surface area contributed by atoms with Gasteiger partial charge in [-0.25, -0.2) is 4.98 Å². The predicted octanol–water partition coefficient (Wildman–Crippen LogP) is 12.0. The maximum Gasteiger partial charge on any atom is 0.145 e. The van der Waals surface area contributed by atoms with Crippen molar-refractivity contribution < 1.29 is 0 Å². The molecule has 0 amide bonds. The first-order chi connectivity index (χ1) is 23.3. The van der Waals surface area contributed by atoms with Crippen LogP contribution in [0.5, 0.6) is 0 Å². The number of imidazole rings is 1. The maximum absolute atomic E-state index is 5.16. The lowest BCUT2D eigenvalue weighted by Gasteiger charge is -2.21. The van der Waals surface area contributed by atoms with Gasteiger partial charge >= 0.3 is 0 Å². The summed E-state index contributed by atoms with van der Waals surface area (Å²) in [6.07, 6.45) is 0.